The largest absolute Gasteiger partial charge is 0.241 e. The summed E-state index contributed by atoms with van der Waals surface area (Å²) < 4.78 is 1.14. The Balaban J connectivity index is 2.26. The summed E-state index contributed by atoms with van der Waals surface area (Å²) in [6.45, 7) is 1.89. The number of rotatable bonds is 1. The predicted molar refractivity (Wildman–Crippen MR) is 77.6 cm³/mol. The van der Waals surface area contributed by atoms with E-state index in [0.29, 0.717) is 10.2 Å². The van der Waals surface area contributed by atoms with Gasteiger partial charge in [0.15, 0.2) is 0 Å². The number of hydrogen-bond acceptors (Lipinski definition) is 3. The lowest BCUT2D eigenvalue weighted by molar-refractivity contribution is 1.20. The van der Waals surface area contributed by atoms with Crippen LogP contribution in [0.4, 0.5) is 0 Å². The van der Waals surface area contributed by atoms with Crippen molar-refractivity contribution in [1.29, 1.82) is 0 Å². The molecule has 5 heteroatoms. The summed E-state index contributed by atoms with van der Waals surface area (Å²) >= 11 is 13.7. The van der Waals surface area contributed by atoms with Gasteiger partial charge in [0.2, 0.25) is 0 Å². The van der Waals surface area contributed by atoms with Crippen LogP contribution < -0.4 is 0 Å². The molecule has 0 radical (unpaired) electrons. The van der Waals surface area contributed by atoms with E-state index in [0.717, 1.165) is 26.5 Å². The molecule has 0 unspecified atom stereocenters. The fraction of sp³-hybridized carbons (Fsp3) is 0.0769. The maximum absolute atomic E-state index is 6.24. The van der Waals surface area contributed by atoms with Gasteiger partial charge in [0, 0.05) is 0 Å². The Morgan fingerprint density at radius 2 is 1.89 bits per heavy atom. The molecule has 0 aliphatic carbocycles. The molecular weight excluding hydrogens is 287 g/mol. The third kappa shape index (κ3) is 1.99. The van der Waals surface area contributed by atoms with Crippen LogP contribution in [-0.2, 0) is 0 Å². The summed E-state index contributed by atoms with van der Waals surface area (Å²) in [6.07, 6.45) is 0. The maximum Gasteiger partial charge on any atom is 0.130 e. The van der Waals surface area contributed by atoms with Gasteiger partial charge < -0.3 is 0 Å². The number of benzene rings is 1. The molecule has 3 rings (SSSR count). The molecule has 2 nitrogen and oxygen atoms in total. The summed E-state index contributed by atoms with van der Waals surface area (Å²) in [7, 11) is 0. The summed E-state index contributed by atoms with van der Waals surface area (Å²) in [4.78, 5) is 8.81. The van der Waals surface area contributed by atoms with E-state index in [1.165, 1.54) is 0 Å². The fourth-order valence-electron chi connectivity index (χ4n) is 1.83. The molecular formula is C13H8Cl2N2S. The number of halogens is 2. The Morgan fingerprint density at radius 3 is 2.61 bits per heavy atom. The molecule has 0 N–H and O–H groups in total. The third-order valence-electron chi connectivity index (χ3n) is 2.63. The van der Waals surface area contributed by atoms with Gasteiger partial charge in [-0.3, -0.25) is 0 Å². The second-order valence-electron chi connectivity index (χ2n) is 3.87. The Labute approximate surface area is 118 Å². The van der Waals surface area contributed by atoms with Gasteiger partial charge in [0.1, 0.15) is 10.2 Å². The minimum Gasteiger partial charge on any atom is -0.241 e. The van der Waals surface area contributed by atoms with E-state index < -0.39 is 0 Å². The van der Waals surface area contributed by atoms with Gasteiger partial charge in [-0.05, 0) is 25.1 Å². The molecule has 0 bridgehead atoms. The fourth-order valence-corrected chi connectivity index (χ4v) is 3.59. The van der Waals surface area contributed by atoms with Gasteiger partial charge >= 0.3 is 0 Å². The van der Waals surface area contributed by atoms with Gasteiger partial charge in [-0.15, -0.1) is 11.3 Å². The first-order valence-corrected chi connectivity index (χ1v) is 6.91. The normalized spacial score (nSPS) is 11.1. The molecule has 3 aromatic rings. The van der Waals surface area contributed by atoms with Crippen molar-refractivity contribution in [1.82, 2.24) is 9.97 Å². The van der Waals surface area contributed by atoms with Gasteiger partial charge in [-0.1, -0.05) is 35.3 Å². The zero-order valence-corrected chi connectivity index (χ0v) is 11.8. The van der Waals surface area contributed by atoms with E-state index >= 15 is 0 Å². The van der Waals surface area contributed by atoms with E-state index in [9.17, 15) is 0 Å². The van der Waals surface area contributed by atoms with Crippen LogP contribution in [0.2, 0.25) is 10.2 Å². The third-order valence-corrected chi connectivity index (χ3v) is 4.17. The maximum atomic E-state index is 6.24. The molecule has 0 amide bonds. The number of aryl methyl sites for hydroxylation is 1. The highest BCUT2D eigenvalue weighted by molar-refractivity contribution is 7.21. The molecule has 0 fully saturated rings. The SMILES string of the molecule is Cc1nc(Cl)cc(Cl)c1-c1nc2ccccc2s1. The molecule has 90 valence electrons. The standard InChI is InChI=1S/C13H8Cl2N2S/c1-7-12(8(14)6-11(15)16-7)13-17-9-4-2-3-5-10(9)18-13/h2-6H,1H3. The lowest BCUT2D eigenvalue weighted by Crippen LogP contribution is -1.89. The van der Waals surface area contributed by atoms with Gasteiger partial charge in [-0.2, -0.15) is 0 Å². The minimum atomic E-state index is 0.405. The molecule has 0 aliphatic heterocycles. The van der Waals surface area contributed by atoms with E-state index in [4.69, 9.17) is 23.2 Å². The summed E-state index contributed by atoms with van der Waals surface area (Å²) in [5.41, 5.74) is 2.64. The second-order valence-corrected chi connectivity index (χ2v) is 5.70. The Hall–Kier alpha value is -1.16. The van der Waals surface area contributed by atoms with Crippen molar-refractivity contribution < 1.29 is 0 Å². The molecule has 0 saturated carbocycles. The van der Waals surface area contributed by atoms with Crippen LogP contribution in [0.25, 0.3) is 20.8 Å². The number of fused-ring (bicyclic) bond motifs is 1. The number of aromatic nitrogens is 2. The number of hydrogen-bond donors (Lipinski definition) is 0. The molecule has 0 saturated heterocycles. The van der Waals surface area contributed by atoms with Crippen molar-refractivity contribution in [2.24, 2.45) is 0 Å². The average molecular weight is 295 g/mol. The highest BCUT2D eigenvalue weighted by Crippen LogP contribution is 2.36. The smallest absolute Gasteiger partial charge is 0.130 e. The number of nitrogens with zero attached hydrogens (tertiary/aromatic N) is 2. The van der Waals surface area contributed by atoms with Crippen LogP contribution in [0.5, 0.6) is 0 Å². The van der Waals surface area contributed by atoms with Crippen molar-refractivity contribution in [3.05, 3.63) is 46.2 Å². The first-order valence-electron chi connectivity index (χ1n) is 5.34. The summed E-state index contributed by atoms with van der Waals surface area (Å²) in [5.74, 6) is 0. The van der Waals surface area contributed by atoms with Crippen molar-refractivity contribution in [3.63, 3.8) is 0 Å². The lowest BCUT2D eigenvalue weighted by atomic mass is 10.2. The molecule has 2 aromatic heterocycles. The van der Waals surface area contributed by atoms with Crippen molar-refractivity contribution in [2.45, 2.75) is 6.92 Å². The number of thiazole rings is 1. The molecule has 18 heavy (non-hydrogen) atoms. The molecule has 0 aliphatic rings. The van der Waals surface area contributed by atoms with Crippen LogP contribution in [0.1, 0.15) is 5.69 Å². The number of para-hydroxylation sites is 1. The van der Waals surface area contributed by atoms with E-state index in [2.05, 4.69) is 9.97 Å². The van der Waals surface area contributed by atoms with Crippen molar-refractivity contribution >= 4 is 44.8 Å². The van der Waals surface area contributed by atoms with E-state index in [1.807, 2.05) is 31.2 Å². The molecule has 0 spiro atoms. The first kappa shape index (κ1) is 11.9. The van der Waals surface area contributed by atoms with Gasteiger partial charge in [0.05, 0.1) is 26.5 Å². The topological polar surface area (TPSA) is 25.8 Å². The van der Waals surface area contributed by atoms with Crippen LogP contribution in [-0.4, -0.2) is 9.97 Å². The van der Waals surface area contributed by atoms with Crippen LogP contribution in [0.3, 0.4) is 0 Å². The average Bonchev–Trinajstić information content (AvgIpc) is 2.70. The number of pyridine rings is 1. The zero-order chi connectivity index (χ0) is 12.7. The predicted octanol–water partition coefficient (Wildman–Crippen LogP) is 4.97. The van der Waals surface area contributed by atoms with Crippen LogP contribution in [0.15, 0.2) is 30.3 Å². The summed E-state index contributed by atoms with van der Waals surface area (Å²) in [5, 5.41) is 1.87. The van der Waals surface area contributed by atoms with Crippen LogP contribution >= 0.6 is 34.5 Å². The van der Waals surface area contributed by atoms with Gasteiger partial charge in [0.25, 0.3) is 0 Å². The monoisotopic (exact) mass is 294 g/mol. The first-order chi connectivity index (χ1) is 8.65. The molecule has 2 heterocycles. The van der Waals surface area contributed by atoms with Gasteiger partial charge in [-0.25, -0.2) is 9.97 Å². The molecule has 1 aromatic carbocycles. The lowest BCUT2D eigenvalue weighted by Gasteiger charge is -2.04. The van der Waals surface area contributed by atoms with E-state index in [1.54, 1.807) is 17.4 Å². The highest BCUT2D eigenvalue weighted by Gasteiger charge is 2.14. The Kier molecular flexibility index (Phi) is 2.98. The highest BCUT2D eigenvalue weighted by atomic mass is 35.5. The van der Waals surface area contributed by atoms with Crippen molar-refractivity contribution in [2.75, 3.05) is 0 Å². The summed E-state index contributed by atoms with van der Waals surface area (Å²) in [6, 6.07) is 9.65. The van der Waals surface area contributed by atoms with Crippen molar-refractivity contribution in [3.8, 4) is 10.6 Å². The van der Waals surface area contributed by atoms with Crippen LogP contribution in [0, 0.1) is 6.92 Å². The Morgan fingerprint density at radius 1 is 1.11 bits per heavy atom. The molecule has 0 atom stereocenters. The quantitative estimate of drug-likeness (QED) is 0.592. The second kappa shape index (κ2) is 4.50. The minimum absolute atomic E-state index is 0.405. The Bertz CT molecular complexity index is 681. The zero-order valence-electron chi connectivity index (χ0n) is 9.45. The van der Waals surface area contributed by atoms with E-state index in [-0.39, 0.29) is 0 Å².